The summed E-state index contributed by atoms with van der Waals surface area (Å²) in [6.07, 6.45) is 0.574. The Balaban J connectivity index is 1.70. The van der Waals surface area contributed by atoms with Crippen LogP contribution in [0.2, 0.25) is 0 Å². The van der Waals surface area contributed by atoms with Gasteiger partial charge in [0.1, 0.15) is 17.1 Å². The first-order valence-corrected chi connectivity index (χ1v) is 8.16. The topological polar surface area (TPSA) is 77.8 Å². The summed E-state index contributed by atoms with van der Waals surface area (Å²) in [6.45, 7) is 1.75. The summed E-state index contributed by atoms with van der Waals surface area (Å²) in [4.78, 5) is 24.6. The van der Waals surface area contributed by atoms with Crippen molar-refractivity contribution in [2.24, 2.45) is 0 Å². The second-order valence-electron chi connectivity index (χ2n) is 5.74. The summed E-state index contributed by atoms with van der Waals surface area (Å²) in [7, 11) is 1.49. The maximum absolute atomic E-state index is 12.5. The van der Waals surface area contributed by atoms with E-state index in [1.54, 1.807) is 24.3 Å². The van der Waals surface area contributed by atoms with Crippen LogP contribution in [0.1, 0.15) is 23.0 Å². The van der Waals surface area contributed by atoms with E-state index in [9.17, 15) is 9.59 Å². The molecule has 6 nitrogen and oxygen atoms in total. The monoisotopic (exact) mass is 353 g/mol. The maximum Gasteiger partial charge on any atom is 0.342 e. The van der Waals surface area contributed by atoms with Gasteiger partial charge in [0, 0.05) is 0 Å². The van der Waals surface area contributed by atoms with E-state index in [1.807, 2.05) is 24.3 Å². The van der Waals surface area contributed by atoms with Gasteiger partial charge >= 0.3 is 5.97 Å². The number of esters is 1. The first-order chi connectivity index (χ1) is 12.6. The normalized spacial score (nSPS) is 11.8. The minimum absolute atomic E-state index is 0.229. The van der Waals surface area contributed by atoms with Crippen LogP contribution in [-0.4, -0.2) is 25.1 Å². The number of nitrogens with one attached hydrogen (secondary N) is 1. The summed E-state index contributed by atoms with van der Waals surface area (Å²) >= 11 is 0. The third-order valence-corrected chi connectivity index (χ3v) is 3.96. The number of rotatable bonds is 6. The standard InChI is InChI=1S/C20H19NO5/c1-13(19(22)21-12-16-8-5-9-25-16)26-20(23)17-10-14-6-3-4-7-15(14)11-18(17)24-2/h3-11,13H,12H2,1-2H3,(H,21,22)/t13-/m1/s1. The molecule has 0 radical (unpaired) electrons. The number of carbonyl (C=O) groups is 2. The molecule has 0 bridgehead atoms. The Kier molecular flexibility index (Phi) is 5.22. The molecule has 0 aliphatic rings. The first-order valence-electron chi connectivity index (χ1n) is 8.16. The summed E-state index contributed by atoms with van der Waals surface area (Å²) in [5.74, 6) is -0.00673. The average Bonchev–Trinajstić information content (AvgIpc) is 3.18. The Bertz CT molecular complexity index is 917. The molecular weight excluding hydrogens is 334 g/mol. The lowest BCUT2D eigenvalue weighted by Crippen LogP contribution is -2.35. The molecule has 0 fully saturated rings. The molecule has 0 saturated heterocycles. The quantitative estimate of drug-likeness (QED) is 0.688. The Morgan fingerprint density at radius 2 is 1.85 bits per heavy atom. The Morgan fingerprint density at radius 1 is 1.12 bits per heavy atom. The average molecular weight is 353 g/mol. The van der Waals surface area contributed by atoms with Crippen molar-refractivity contribution in [1.29, 1.82) is 0 Å². The molecule has 3 rings (SSSR count). The molecule has 0 aliphatic heterocycles. The van der Waals surface area contributed by atoms with Crippen molar-refractivity contribution in [1.82, 2.24) is 5.32 Å². The molecule has 1 N–H and O–H groups in total. The number of hydrogen-bond donors (Lipinski definition) is 1. The van der Waals surface area contributed by atoms with Crippen molar-refractivity contribution < 1.29 is 23.5 Å². The highest BCUT2D eigenvalue weighted by Gasteiger charge is 2.22. The van der Waals surface area contributed by atoms with Crippen molar-refractivity contribution in [2.75, 3.05) is 7.11 Å². The van der Waals surface area contributed by atoms with Crippen molar-refractivity contribution >= 4 is 22.6 Å². The molecular formula is C20H19NO5. The molecule has 0 aliphatic carbocycles. The highest BCUT2D eigenvalue weighted by atomic mass is 16.5. The lowest BCUT2D eigenvalue weighted by atomic mass is 10.1. The van der Waals surface area contributed by atoms with Crippen molar-refractivity contribution in [3.8, 4) is 5.75 Å². The zero-order valence-corrected chi connectivity index (χ0v) is 14.5. The maximum atomic E-state index is 12.5. The molecule has 0 unspecified atom stereocenters. The van der Waals surface area contributed by atoms with Crippen molar-refractivity contribution in [2.45, 2.75) is 19.6 Å². The number of amides is 1. The third kappa shape index (κ3) is 3.85. The van der Waals surface area contributed by atoms with Gasteiger partial charge in [0.2, 0.25) is 0 Å². The molecule has 1 amide bonds. The van der Waals surface area contributed by atoms with Gasteiger partial charge in [-0.15, -0.1) is 0 Å². The molecule has 0 saturated carbocycles. The highest BCUT2D eigenvalue weighted by Crippen LogP contribution is 2.26. The Hall–Kier alpha value is -3.28. The zero-order valence-electron chi connectivity index (χ0n) is 14.5. The molecule has 6 heteroatoms. The van der Waals surface area contributed by atoms with Crippen LogP contribution in [0.5, 0.6) is 5.75 Å². The van der Waals surface area contributed by atoms with Gasteiger partial charge < -0.3 is 19.2 Å². The van der Waals surface area contributed by atoms with E-state index in [1.165, 1.54) is 20.3 Å². The second-order valence-corrected chi connectivity index (χ2v) is 5.74. The van der Waals surface area contributed by atoms with Crippen LogP contribution in [-0.2, 0) is 16.1 Å². The van der Waals surface area contributed by atoms with E-state index in [-0.39, 0.29) is 12.1 Å². The van der Waals surface area contributed by atoms with Crippen LogP contribution >= 0.6 is 0 Å². The summed E-state index contributed by atoms with van der Waals surface area (Å²) in [6, 6.07) is 14.6. The van der Waals surface area contributed by atoms with Crippen LogP contribution < -0.4 is 10.1 Å². The number of methoxy groups -OCH3 is 1. The minimum atomic E-state index is -0.950. The number of fused-ring (bicyclic) bond motifs is 1. The predicted molar refractivity (Wildman–Crippen MR) is 95.9 cm³/mol. The summed E-state index contributed by atoms with van der Waals surface area (Å²) < 4.78 is 15.7. The molecule has 1 aromatic heterocycles. The van der Waals surface area contributed by atoms with Crippen LogP contribution in [0.15, 0.2) is 59.2 Å². The van der Waals surface area contributed by atoms with E-state index in [4.69, 9.17) is 13.9 Å². The van der Waals surface area contributed by atoms with Crippen LogP contribution in [0.4, 0.5) is 0 Å². The zero-order chi connectivity index (χ0) is 18.5. The minimum Gasteiger partial charge on any atom is -0.496 e. The van der Waals surface area contributed by atoms with E-state index in [2.05, 4.69) is 5.32 Å². The SMILES string of the molecule is COc1cc2ccccc2cc1C(=O)O[C@H](C)C(=O)NCc1ccco1. The van der Waals surface area contributed by atoms with E-state index in [0.717, 1.165) is 10.8 Å². The number of furan rings is 1. The van der Waals surface area contributed by atoms with Crippen molar-refractivity contribution in [3.63, 3.8) is 0 Å². The van der Waals surface area contributed by atoms with Crippen LogP contribution in [0.25, 0.3) is 10.8 Å². The second kappa shape index (κ2) is 7.74. The largest absolute Gasteiger partial charge is 0.496 e. The van der Waals surface area contributed by atoms with Crippen molar-refractivity contribution in [3.05, 3.63) is 66.1 Å². The van der Waals surface area contributed by atoms with Gasteiger partial charge in [0.05, 0.1) is 19.9 Å². The fraction of sp³-hybridized carbons (Fsp3) is 0.200. The number of benzene rings is 2. The van der Waals surface area contributed by atoms with E-state index < -0.39 is 18.0 Å². The van der Waals surface area contributed by atoms with Gasteiger partial charge in [-0.05, 0) is 42.0 Å². The van der Waals surface area contributed by atoms with Gasteiger partial charge in [-0.2, -0.15) is 0 Å². The summed E-state index contributed by atoms with van der Waals surface area (Å²) in [5, 5.41) is 4.49. The Morgan fingerprint density at radius 3 is 2.50 bits per heavy atom. The molecule has 1 atom stereocenters. The molecule has 1 heterocycles. The van der Waals surface area contributed by atoms with Gasteiger partial charge in [-0.25, -0.2) is 4.79 Å². The smallest absolute Gasteiger partial charge is 0.342 e. The lowest BCUT2D eigenvalue weighted by Gasteiger charge is -2.15. The number of carbonyl (C=O) groups excluding carboxylic acids is 2. The number of ether oxygens (including phenoxy) is 2. The summed E-state index contributed by atoms with van der Waals surface area (Å²) in [5.41, 5.74) is 0.275. The number of hydrogen-bond acceptors (Lipinski definition) is 5. The van der Waals surface area contributed by atoms with Crippen LogP contribution in [0, 0.1) is 0 Å². The molecule has 3 aromatic rings. The molecule has 134 valence electrons. The lowest BCUT2D eigenvalue weighted by molar-refractivity contribution is -0.129. The molecule has 26 heavy (non-hydrogen) atoms. The molecule has 2 aromatic carbocycles. The van der Waals surface area contributed by atoms with E-state index >= 15 is 0 Å². The van der Waals surface area contributed by atoms with Crippen LogP contribution in [0.3, 0.4) is 0 Å². The van der Waals surface area contributed by atoms with Gasteiger partial charge in [-0.1, -0.05) is 24.3 Å². The fourth-order valence-corrected chi connectivity index (χ4v) is 2.56. The Labute approximate surface area is 150 Å². The van der Waals surface area contributed by atoms with E-state index in [0.29, 0.717) is 11.5 Å². The van der Waals surface area contributed by atoms with Gasteiger partial charge in [-0.3, -0.25) is 4.79 Å². The highest BCUT2D eigenvalue weighted by molar-refractivity contribution is 5.99. The fourth-order valence-electron chi connectivity index (χ4n) is 2.56. The predicted octanol–water partition coefficient (Wildman–Crippen LogP) is 3.30. The first kappa shape index (κ1) is 17.5. The molecule has 0 spiro atoms. The third-order valence-electron chi connectivity index (χ3n) is 3.96. The van der Waals surface area contributed by atoms with Gasteiger partial charge in [0.25, 0.3) is 5.91 Å². The van der Waals surface area contributed by atoms with Gasteiger partial charge in [0.15, 0.2) is 6.10 Å².